The molecule has 0 aliphatic rings. The lowest BCUT2D eigenvalue weighted by Gasteiger charge is -2.10. The minimum absolute atomic E-state index is 0.172. The summed E-state index contributed by atoms with van der Waals surface area (Å²) in [6.07, 6.45) is 0.172. The highest BCUT2D eigenvalue weighted by molar-refractivity contribution is 5.36. The summed E-state index contributed by atoms with van der Waals surface area (Å²) >= 11 is 0. The summed E-state index contributed by atoms with van der Waals surface area (Å²) < 4.78 is 11.2. The predicted molar refractivity (Wildman–Crippen MR) is 77.7 cm³/mol. The van der Waals surface area contributed by atoms with E-state index in [0.717, 1.165) is 11.3 Å². The van der Waals surface area contributed by atoms with Crippen molar-refractivity contribution >= 4 is 0 Å². The molecule has 0 bridgehead atoms. The zero-order valence-corrected chi connectivity index (χ0v) is 11.7. The van der Waals surface area contributed by atoms with Gasteiger partial charge < -0.3 is 9.47 Å². The van der Waals surface area contributed by atoms with Crippen LogP contribution in [-0.2, 0) is 6.61 Å². The summed E-state index contributed by atoms with van der Waals surface area (Å²) in [6.45, 7) is 4.47. The maximum Gasteiger partial charge on any atom is 0.121 e. The van der Waals surface area contributed by atoms with Gasteiger partial charge in [0.25, 0.3) is 0 Å². The molecule has 2 aromatic rings. The Morgan fingerprint density at radius 3 is 2.45 bits per heavy atom. The minimum atomic E-state index is 0.172. The molecule has 0 aliphatic carbocycles. The van der Waals surface area contributed by atoms with E-state index in [0.29, 0.717) is 17.9 Å². The van der Waals surface area contributed by atoms with Crippen LogP contribution in [0.2, 0.25) is 0 Å². The second-order valence-electron chi connectivity index (χ2n) is 4.74. The van der Waals surface area contributed by atoms with E-state index in [1.807, 2.05) is 50.2 Å². The van der Waals surface area contributed by atoms with E-state index in [-0.39, 0.29) is 6.10 Å². The highest BCUT2D eigenvalue weighted by atomic mass is 16.5. The van der Waals surface area contributed by atoms with Crippen molar-refractivity contribution in [2.75, 3.05) is 0 Å². The maximum atomic E-state index is 8.83. The Kier molecular flexibility index (Phi) is 4.62. The first kappa shape index (κ1) is 14.0. The molecule has 0 atom stereocenters. The van der Waals surface area contributed by atoms with Gasteiger partial charge >= 0.3 is 0 Å². The van der Waals surface area contributed by atoms with Crippen molar-refractivity contribution in [3.05, 3.63) is 59.7 Å². The van der Waals surface area contributed by atoms with Gasteiger partial charge in [-0.3, -0.25) is 0 Å². The number of hydrogen-bond donors (Lipinski definition) is 0. The first-order valence-electron chi connectivity index (χ1n) is 6.56. The van der Waals surface area contributed by atoms with E-state index in [1.54, 1.807) is 12.1 Å². The summed E-state index contributed by atoms with van der Waals surface area (Å²) in [4.78, 5) is 0. The Labute approximate surface area is 119 Å². The van der Waals surface area contributed by atoms with Crippen LogP contribution in [0.5, 0.6) is 11.5 Å². The normalized spacial score (nSPS) is 10.1. The van der Waals surface area contributed by atoms with Crippen LogP contribution in [-0.4, -0.2) is 6.10 Å². The average Bonchev–Trinajstić information content (AvgIpc) is 2.46. The molecule has 0 saturated heterocycles. The van der Waals surface area contributed by atoms with E-state index in [1.165, 1.54) is 0 Å². The summed E-state index contributed by atoms with van der Waals surface area (Å²) in [5.41, 5.74) is 1.66. The van der Waals surface area contributed by atoms with Gasteiger partial charge in [-0.1, -0.05) is 18.2 Å². The topological polar surface area (TPSA) is 42.2 Å². The van der Waals surface area contributed by atoms with Crippen LogP contribution >= 0.6 is 0 Å². The molecule has 0 saturated carbocycles. The van der Waals surface area contributed by atoms with Crippen molar-refractivity contribution in [1.29, 1.82) is 5.26 Å². The molecule has 0 aliphatic heterocycles. The van der Waals surface area contributed by atoms with Gasteiger partial charge in [0.05, 0.1) is 17.7 Å². The lowest BCUT2D eigenvalue weighted by molar-refractivity contribution is 0.242. The van der Waals surface area contributed by atoms with Crippen LogP contribution in [0.1, 0.15) is 25.0 Å². The fourth-order valence-electron chi connectivity index (χ4n) is 1.76. The van der Waals surface area contributed by atoms with Crippen molar-refractivity contribution < 1.29 is 9.47 Å². The zero-order chi connectivity index (χ0) is 14.4. The summed E-state index contributed by atoms with van der Waals surface area (Å²) in [6, 6.07) is 17.1. The molecule has 0 unspecified atom stereocenters. The first-order chi connectivity index (χ1) is 9.67. The fraction of sp³-hybridized carbons (Fsp3) is 0.235. The molecule has 0 heterocycles. The van der Waals surface area contributed by atoms with Gasteiger partial charge in [0.15, 0.2) is 0 Å². The summed E-state index contributed by atoms with van der Waals surface area (Å²) in [7, 11) is 0. The fourth-order valence-corrected chi connectivity index (χ4v) is 1.76. The molecule has 3 heteroatoms. The average molecular weight is 267 g/mol. The molecule has 0 spiro atoms. The summed E-state index contributed by atoms with van der Waals surface area (Å²) in [5.74, 6) is 1.56. The van der Waals surface area contributed by atoms with Crippen molar-refractivity contribution in [2.24, 2.45) is 0 Å². The van der Waals surface area contributed by atoms with E-state index < -0.39 is 0 Å². The van der Waals surface area contributed by atoms with Crippen molar-refractivity contribution in [1.82, 2.24) is 0 Å². The zero-order valence-electron chi connectivity index (χ0n) is 11.7. The van der Waals surface area contributed by atoms with E-state index >= 15 is 0 Å². The molecule has 2 aromatic carbocycles. The lowest BCUT2D eigenvalue weighted by atomic mass is 10.2. The van der Waals surface area contributed by atoms with Gasteiger partial charge in [0.2, 0.25) is 0 Å². The Morgan fingerprint density at radius 1 is 1.05 bits per heavy atom. The molecule has 2 rings (SSSR count). The number of benzene rings is 2. The maximum absolute atomic E-state index is 8.83. The molecule has 0 amide bonds. The van der Waals surface area contributed by atoms with Crippen molar-refractivity contribution in [3.8, 4) is 17.6 Å². The minimum Gasteiger partial charge on any atom is -0.491 e. The van der Waals surface area contributed by atoms with Crippen LogP contribution in [0.15, 0.2) is 48.5 Å². The smallest absolute Gasteiger partial charge is 0.121 e. The van der Waals surface area contributed by atoms with Crippen molar-refractivity contribution in [2.45, 2.75) is 26.6 Å². The standard InChI is InChI=1S/C17H17NO2/c1-13(2)20-16-8-6-14(7-9-16)12-19-17-5-3-4-15(10-17)11-18/h3-10,13H,12H2,1-2H3. The van der Waals surface area contributed by atoms with E-state index in [4.69, 9.17) is 14.7 Å². The predicted octanol–water partition coefficient (Wildman–Crippen LogP) is 3.92. The van der Waals surface area contributed by atoms with Crippen molar-refractivity contribution in [3.63, 3.8) is 0 Å². The van der Waals surface area contributed by atoms with Gasteiger partial charge in [-0.25, -0.2) is 0 Å². The molecule has 0 aromatic heterocycles. The molecule has 3 nitrogen and oxygen atoms in total. The third-order valence-electron chi connectivity index (χ3n) is 2.66. The molecule has 0 radical (unpaired) electrons. The highest BCUT2D eigenvalue weighted by Crippen LogP contribution is 2.17. The van der Waals surface area contributed by atoms with Crippen LogP contribution in [0.25, 0.3) is 0 Å². The van der Waals surface area contributed by atoms with E-state index in [9.17, 15) is 0 Å². The Bertz CT molecular complexity index is 597. The van der Waals surface area contributed by atoms with Crippen LogP contribution < -0.4 is 9.47 Å². The second-order valence-corrected chi connectivity index (χ2v) is 4.74. The molecule has 20 heavy (non-hydrogen) atoms. The van der Waals surface area contributed by atoms with Gasteiger partial charge in [-0.05, 0) is 49.7 Å². The molecule has 0 fully saturated rings. The number of nitrogens with zero attached hydrogens (tertiary/aromatic N) is 1. The van der Waals surface area contributed by atoms with E-state index in [2.05, 4.69) is 6.07 Å². The SMILES string of the molecule is CC(C)Oc1ccc(COc2cccc(C#N)c2)cc1. The van der Waals surface area contributed by atoms with Gasteiger partial charge in [-0.2, -0.15) is 5.26 Å². The Balaban J connectivity index is 1.95. The van der Waals surface area contributed by atoms with Gasteiger partial charge in [-0.15, -0.1) is 0 Å². The number of ether oxygens (including phenoxy) is 2. The van der Waals surface area contributed by atoms with Gasteiger partial charge in [0.1, 0.15) is 18.1 Å². The molecular formula is C17H17NO2. The Morgan fingerprint density at radius 2 is 1.80 bits per heavy atom. The third-order valence-corrected chi connectivity index (χ3v) is 2.66. The molecule has 0 N–H and O–H groups in total. The van der Waals surface area contributed by atoms with Crippen LogP contribution in [0.3, 0.4) is 0 Å². The number of hydrogen-bond acceptors (Lipinski definition) is 3. The highest BCUT2D eigenvalue weighted by Gasteiger charge is 2.00. The monoisotopic (exact) mass is 267 g/mol. The van der Waals surface area contributed by atoms with Gasteiger partial charge in [0, 0.05) is 0 Å². The number of rotatable bonds is 5. The number of nitriles is 1. The summed E-state index contributed by atoms with van der Waals surface area (Å²) in [5, 5.41) is 8.83. The second kappa shape index (κ2) is 6.63. The first-order valence-corrected chi connectivity index (χ1v) is 6.56. The quantitative estimate of drug-likeness (QED) is 0.824. The van der Waals surface area contributed by atoms with Crippen LogP contribution in [0, 0.1) is 11.3 Å². The van der Waals surface area contributed by atoms with Crippen LogP contribution in [0.4, 0.5) is 0 Å². The molecular weight excluding hydrogens is 250 g/mol. The lowest BCUT2D eigenvalue weighted by Crippen LogP contribution is -2.05. The largest absolute Gasteiger partial charge is 0.491 e. The molecule has 102 valence electrons. The third kappa shape index (κ3) is 4.03. The Hall–Kier alpha value is -2.47.